The fraction of sp³-hybridized carbons (Fsp3) is 0.375. The van der Waals surface area contributed by atoms with E-state index in [1.165, 1.54) is 19.7 Å². The van der Waals surface area contributed by atoms with Crippen molar-refractivity contribution in [3.63, 3.8) is 0 Å². The van der Waals surface area contributed by atoms with E-state index >= 15 is 0 Å². The fourth-order valence-electron chi connectivity index (χ4n) is 1.88. The van der Waals surface area contributed by atoms with Crippen molar-refractivity contribution in [2.45, 2.75) is 26.2 Å². The molecule has 130 valence electrons. The third kappa shape index (κ3) is 4.65. The van der Waals surface area contributed by atoms with Crippen LogP contribution in [-0.2, 0) is 15.6 Å². The molecule has 0 atom stereocenters. The summed E-state index contributed by atoms with van der Waals surface area (Å²) < 4.78 is 26.8. The number of anilines is 3. The Labute approximate surface area is 143 Å². The van der Waals surface area contributed by atoms with Gasteiger partial charge in [0.2, 0.25) is 0 Å². The molecular weight excluding hydrogens is 326 g/mol. The topological polar surface area (TPSA) is 87.2 Å². The second-order valence-corrected chi connectivity index (χ2v) is 8.53. The number of nitrogens with one attached hydrogen (secondary N) is 2. The van der Waals surface area contributed by atoms with Crippen molar-refractivity contribution < 1.29 is 8.42 Å². The van der Waals surface area contributed by atoms with E-state index in [-0.39, 0.29) is 11.2 Å². The molecule has 2 aromatic rings. The maximum absolute atomic E-state index is 11.7. The maximum Gasteiger partial charge on any atom is 0.302 e. The third-order valence-electron chi connectivity index (χ3n) is 3.40. The molecule has 0 amide bonds. The average molecular weight is 349 g/mol. The van der Waals surface area contributed by atoms with Gasteiger partial charge in [0.15, 0.2) is 11.6 Å². The SMILES string of the molecule is CN(C)S(=O)(=O)Nc1ccc(Nc2ccc(C(C)(C)C)cc2)nn1. The second kappa shape index (κ2) is 6.74. The van der Waals surface area contributed by atoms with Gasteiger partial charge in [-0.15, -0.1) is 10.2 Å². The van der Waals surface area contributed by atoms with Crippen LogP contribution in [0.5, 0.6) is 0 Å². The van der Waals surface area contributed by atoms with Crippen LogP contribution in [0.15, 0.2) is 36.4 Å². The predicted octanol–water partition coefficient (Wildman–Crippen LogP) is 2.74. The highest BCUT2D eigenvalue weighted by Gasteiger charge is 2.14. The molecule has 0 fully saturated rings. The number of rotatable bonds is 5. The molecule has 1 aromatic carbocycles. The molecule has 1 aromatic heterocycles. The van der Waals surface area contributed by atoms with Gasteiger partial charge < -0.3 is 5.32 Å². The van der Waals surface area contributed by atoms with E-state index in [2.05, 4.69) is 53.1 Å². The molecule has 0 unspecified atom stereocenters. The van der Waals surface area contributed by atoms with Gasteiger partial charge in [-0.25, -0.2) is 0 Å². The molecule has 1 heterocycles. The van der Waals surface area contributed by atoms with Crippen molar-refractivity contribution in [3.8, 4) is 0 Å². The first-order valence-corrected chi connectivity index (χ1v) is 8.93. The lowest BCUT2D eigenvalue weighted by molar-refractivity contribution is 0.526. The van der Waals surface area contributed by atoms with Crippen LogP contribution >= 0.6 is 0 Å². The molecule has 24 heavy (non-hydrogen) atoms. The van der Waals surface area contributed by atoms with Gasteiger partial charge in [0.25, 0.3) is 0 Å². The number of hydrogen-bond acceptors (Lipinski definition) is 5. The Kier molecular flexibility index (Phi) is 5.10. The number of hydrogen-bond donors (Lipinski definition) is 2. The molecule has 0 saturated heterocycles. The minimum absolute atomic E-state index is 0.101. The van der Waals surface area contributed by atoms with Crippen molar-refractivity contribution in [1.29, 1.82) is 0 Å². The largest absolute Gasteiger partial charge is 0.339 e. The Hall–Kier alpha value is -2.19. The maximum atomic E-state index is 11.7. The fourth-order valence-corrected chi connectivity index (χ4v) is 2.43. The molecule has 0 bridgehead atoms. The summed E-state index contributed by atoms with van der Waals surface area (Å²) in [6.07, 6.45) is 0. The molecule has 0 saturated carbocycles. The molecule has 2 rings (SSSR count). The van der Waals surface area contributed by atoms with E-state index in [0.29, 0.717) is 5.82 Å². The van der Waals surface area contributed by atoms with Gasteiger partial charge in [-0.2, -0.15) is 12.7 Å². The van der Waals surface area contributed by atoms with Gasteiger partial charge in [0.1, 0.15) is 0 Å². The summed E-state index contributed by atoms with van der Waals surface area (Å²) in [6.45, 7) is 6.48. The molecule has 0 radical (unpaired) electrons. The summed E-state index contributed by atoms with van der Waals surface area (Å²) >= 11 is 0. The second-order valence-electron chi connectivity index (χ2n) is 6.65. The molecule has 7 nitrogen and oxygen atoms in total. The Morgan fingerprint density at radius 1 is 0.917 bits per heavy atom. The van der Waals surface area contributed by atoms with Crippen LogP contribution in [0, 0.1) is 0 Å². The average Bonchev–Trinajstić information content (AvgIpc) is 2.48. The predicted molar refractivity (Wildman–Crippen MR) is 96.7 cm³/mol. The van der Waals surface area contributed by atoms with Crippen molar-refractivity contribution >= 4 is 27.5 Å². The van der Waals surface area contributed by atoms with Gasteiger partial charge in [0.05, 0.1) is 0 Å². The Morgan fingerprint density at radius 2 is 1.46 bits per heavy atom. The van der Waals surface area contributed by atoms with Crippen LogP contribution in [0.4, 0.5) is 17.3 Å². The summed E-state index contributed by atoms with van der Waals surface area (Å²) in [5.41, 5.74) is 2.23. The van der Waals surface area contributed by atoms with Crippen LogP contribution < -0.4 is 10.0 Å². The number of aromatic nitrogens is 2. The smallest absolute Gasteiger partial charge is 0.302 e. The summed E-state index contributed by atoms with van der Waals surface area (Å²) in [5.74, 6) is 0.698. The van der Waals surface area contributed by atoms with Crippen molar-refractivity contribution in [3.05, 3.63) is 42.0 Å². The monoisotopic (exact) mass is 349 g/mol. The molecular formula is C16H23N5O2S. The standard InChI is InChI=1S/C16H23N5O2S/c1-16(2,3)12-6-8-13(9-7-12)17-14-10-11-15(19-18-14)20-24(22,23)21(4)5/h6-11H,1-5H3,(H,17,18)(H,19,20). The van der Waals surface area contributed by atoms with Gasteiger partial charge >= 0.3 is 10.2 Å². The highest BCUT2D eigenvalue weighted by molar-refractivity contribution is 7.90. The minimum Gasteiger partial charge on any atom is -0.339 e. The highest BCUT2D eigenvalue weighted by atomic mass is 32.2. The molecule has 2 N–H and O–H groups in total. The first-order valence-electron chi connectivity index (χ1n) is 7.49. The van der Waals surface area contributed by atoms with E-state index in [1.807, 2.05) is 12.1 Å². The van der Waals surface area contributed by atoms with E-state index in [0.717, 1.165) is 9.99 Å². The Bertz CT molecular complexity index is 779. The van der Waals surface area contributed by atoms with Crippen LogP contribution in [0.25, 0.3) is 0 Å². The minimum atomic E-state index is -3.58. The van der Waals surface area contributed by atoms with Gasteiger partial charge in [-0.1, -0.05) is 32.9 Å². The molecule has 0 aliphatic heterocycles. The van der Waals surface area contributed by atoms with E-state index in [9.17, 15) is 8.42 Å². The first-order chi connectivity index (χ1) is 11.1. The van der Waals surface area contributed by atoms with Crippen molar-refractivity contribution in [2.75, 3.05) is 24.1 Å². The molecule has 0 aliphatic carbocycles. The molecule has 8 heteroatoms. The van der Waals surface area contributed by atoms with E-state index < -0.39 is 10.2 Å². The van der Waals surface area contributed by atoms with Gasteiger partial charge in [-0.3, -0.25) is 4.72 Å². The number of nitrogens with zero attached hydrogens (tertiary/aromatic N) is 3. The Morgan fingerprint density at radius 3 is 1.92 bits per heavy atom. The highest BCUT2D eigenvalue weighted by Crippen LogP contribution is 2.24. The van der Waals surface area contributed by atoms with Crippen molar-refractivity contribution in [2.24, 2.45) is 0 Å². The third-order valence-corrected chi connectivity index (χ3v) is 4.83. The van der Waals surface area contributed by atoms with E-state index in [4.69, 9.17) is 0 Å². The van der Waals surface area contributed by atoms with Crippen LogP contribution in [0.2, 0.25) is 0 Å². The summed E-state index contributed by atoms with van der Waals surface area (Å²) in [5, 5.41) is 11.0. The lowest BCUT2D eigenvalue weighted by Crippen LogP contribution is -2.29. The molecule has 0 spiro atoms. The number of benzene rings is 1. The van der Waals surface area contributed by atoms with Crippen molar-refractivity contribution in [1.82, 2.24) is 14.5 Å². The normalized spacial score (nSPS) is 12.2. The van der Waals surface area contributed by atoms with Crippen LogP contribution in [0.3, 0.4) is 0 Å². The van der Waals surface area contributed by atoms with Crippen LogP contribution in [0.1, 0.15) is 26.3 Å². The zero-order valence-electron chi connectivity index (χ0n) is 14.5. The molecule has 0 aliphatic rings. The zero-order chi connectivity index (χ0) is 18.0. The van der Waals surface area contributed by atoms with Crippen LogP contribution in [-0.4, -0.2) is 37.0 Å². The quantitative estimate of drug-likeness (QED) is 0.867. The zero-order valence-corrected chi connectivity index (χ0v) is 15.3. The lowest BCUT2D eigenvalue weighted by Gasteiger charge is -2.19. The van der Waals surface area contributed by atoms with Gasteiger partial charge in [-0.05, 0) is 35.2 Å². The first kappa shape index (κ1) is 18.2. The summed E-state index contributed by atoms with van der Waals surface area (Å²) in [7, 11) is -0.706. The van der Waals surface area contributed by atoms with Gasteiger partial charge in [0, 0.05) is 19.8 Å². The Balaban J connectivity index is 2.07. The van der Waals surface area contributed by atoms with E-state index in [1.54, 1.807) is 12.1 Å². The summed E-state index contributed by atoms with van der Waals surface area (Å²) in [6, 6.07) is 11.3. The lowest BCUT2D eigenvalue weighted by atomic mass is 9.87. The summed E-state index contributed by atoms with van der Waals surface area (Å²) in [4.78, 5) is 0.